The van der Waals surface area contributed by atoms with Crippen LogP contribution in [0.5, 0.6) is 0 Å². The minimum atomic E-state index is -0.405. The summed E-state index contributed by atoms with van der Waals surface area (Å²) in [5.74, 6) is -0.405. The molecule has 1 heterocycles. The van der Waals surface area contributed by atoms with E-state index in [4.69, 9.17) is 5.26 Å². The van der Waals surface area contributed by atoms with E-state index in [0.717, 1.165) is 0 Å². The summed E-state index contributed by atoms with van der Waals surface area (Å²) >= 11 is 0. The molecular formula is C12H8N2O2. The van der Waals surface area contributed by atoms with Gasteiger partial charge in [0.2, 0.25) is 0 Å². The lowest BCUT2D eigenvalue weighted by atomic mass is 10.1. The molecule has 1 aromatic heterocycles. The van der Waals surface area contributed by atoms with Crippen LogP contribution in [0.25, 0.3) is 10.9 Å². The highest BCUT2D eigenvalue weighted by Crippen LogP contribution is 2.18. The molecule has 2 rings (SSSR count). The highest BCUT2D eigenvalue weighted by atomic mass is 16.5. The van der Waals surface area contributed by atoms with Crippen molar-refractivity contribution in [3.63, 3.8) is 0 Å². The van der Waals surface area contributed by atoms with E-state index in [1.807, 2.05) is 6.07 Å². The van der Waals surface area contributed by atoms with E-state index in [1.54, 1.807) is 30.3 Å². The van der Waals surface area contributed by atoms with Crippen molar-refractivity contribution < 1.29 is 9.53 Å². The predicted molar refractivity (Wildman–Crippen MR) is 57.8 cm³/mol. The van der Waals surface area contributed by atoms with Gasteiger partial charge in [-0.25, -0.2) is 9.78 Å². The van der Waals surface area contributed by atoms with Crippen LogP contribution in [0.15, 0.2) is 30.3 Å². The Kier molecular flexibility index (Phi) is 2.52. The normalized spacial score (nSPS) is 9.75. The van der Waals surface area contributed by atoms with Crippen LogP contribution in [-0.4, -0.2) is 18.1 Å². The van der Waals surface area contributed by atoms with E-state index in [9.17, 15) is 4.79 Å². The Morgan fingerprint density at radius 1 is 1.38 bits per heavy atom. The van der Waals surface area contributed by atoms with Crippen LogP contribution >= 0.6 is 0 Å². The van der Waals surface area contributed by atoms with E-state index in [2.05, 4.69) is 9.72 Å². The second-order valence-electron chi connectivity index (χ2n) is 3.17. The number of methoxy groups -OCH3 is 1. The van der Waals surface area contributed by atoms with Crippen LogP contribution in [-0.2, 0) is 4.74 Å². The third-order valence-electron chi connectivity index (χ3n) is 2.25. The number of hydrogen-bond donors (Lipinski definition) is 0. The Hall–Kier alpha value is -2.41. The summed E-state index contributed by atoms with van der Waals surface area (Å²) < 4.78 is 4.67. The lowest BCUT2D eigenvalue weighted by molar-refractivity contribution is 0.0603. The predicted octanol–water partition coefficient (Wildman–Crippen LogP) is 1.89. The van der Waals surface area contributed by atoms with Crippen LogP contribution in [0.2, 0.25) is 0 Å². The van der Waals surface area contributed by atoms with Crippen LogP contribution in [0.3, 0.4) is 0 Å². The number of benzene rings is 1. The van der Waals surface area contributed by atoms with Crippen molar-refractivity contribution in [2.45, 2.75) is 0 Å². The van der Waals surface area contributed by atoms with Crippen molar-refractivity contribution >= 4 is 16.9 Å². The number of carbonyl (C=O) groups excluding carboxylic acids is 1. The van der Waals surface area contributed by atoms with E-state index >= 15 is 0 Å². The molecule has 0 amide bonds. The van der Waals surface area contributed by atoms with Crippen molar-refractivity contribution in [1.82, 2.24) is 4.98 Å². The number of nitriles is 1. The van der Waals surface area contributed by atoms with E-state index in [1.165, 1.54) is 7.11 Å². The average Bonchev–Trinajstić information content (AvgIpc) is 2.36. The maximum absolute atomic E-state index is 11.5. The molecule has 0 unspecified atom stereocenters. The molecule has 0 saturated carbocycles. The maximum atomic E-state index is 11.5. The highest BCUT2D eigenvalue weighted by molar-refractivity contribution is 6.03. The smallest absolute Gasteiger partial charge is 0.338 e. The van der Waals surface area contributed by atoms with E-state index < -0.39 is 5.97 Å². The first-order valence-electron chi connectivity index (χ1n) is 4.64. The zero-order chi connectivity index (χ0) is 11.5. The van der Waals surface area contributed by atoms with Gasteiger partial charge in [-0.2, -0.15) is 5.26 Å². The fourth-order valence-corrected chi connectivity index (χ4v) is 1.51. The van der Waals surface area contributed by atoms with Crippen LogP contribution in [0.1, 0.15) is 16.1 Å². The lowest BCUT2D eigenvalue weighted by Gasteiger charge is -2.03. The highest BCUT2D eigenvalue weighted by Gasteiger charge is 2.10. The molecule has 0 aliphatic carbocycles. The second-order valence-corrected chi connectivity index (χ2v) is 3.17. The molecule has 0 aliphatic heterocycles. The molecule has 78 valence electrons. The molecule has 0 spiro atoms. The lowest BCUT2D eigenvalue weighted by Crippen LogP contribution is -2.02. The maximum Gasteiger partial charge on any atom is 0.338 e. The van der Waals surface area contributed by atoms with Gasteiger partial charge >= 0.3 is 5.97 Å². The first-order chi connectivity index (χ1) is 7.76. The zero-order valence-corrected chi connectivity index (χ0v) is 8.60. The van der Waals surface area contributed by atoms with Gasteiger partial charge in [0.25, 0.3) is 0 Å². The Bertz CT molecular complexity index is 599. The first-order valence-corrected chi connectivity index (χ1v) is 4.64. The molecule has 0 aliphatic rings. The number of pyridine rings is 1. The fourth-order valence-electron chi connectivity index (χ4n) is 1.51. The molecule has 2 aromatic rings. The van der Waals surface area contributed by atoms with Crippen molar-refractivity contribution in [2.24, 2.45) is 0 Å². The average molecular weight is 212 g/mol. The molecule has 0 atom stereocenters. The summed E-state index contributed by atoms with van der Waals surface area (Å²) in [4.78, 5) is 15.6. The summed E-state index contributed by atoms with van der Waals surface area (Å²) in [5, 5.41) is 9.41. The number of nitrogens with zero attached hydrogens (tertiary/aromatic N) is 2. The van der Waals surface area contributed by atoms with Crippen LogP contribution in [0.4, 0.5) is 0 Å². The molecule has 0 saturated heterocycles. The zero-order valence-electron chi connectivity index (χ0n) is 8.60. The van der Waals surface area contributed by atoms with Crippen molar-refractivity contribution in [1.29, 1.82) is 5.26 Å². The second kappa shape index (κ2) is 3.99. The van der Waals surface area contributed by atoms with Gasteiger partial charge in [0.05, 0.1) is 18.2 Å². The van der Waals surface area contributed by atoms with E-state index in [-0.39, 0.29) is 0 Å². The third-order valence-corrected chi connectivity index (χ3v) is 2.25. The van der Waals surface area contributed by atoms with Crippen molar-refractivity contribution in [2.75, 3.05) is 7.11 Å². The van der Waals surface area contributed by atoms with Gasteiger partial charge in [-0.15, -0.1) is 0 Å². The molecular weight excluding hydrogens is 204 g/mol. The summed E-state index contributed by atoms with van der Waals surface area (Å²) in [6, 6.07) is 10.4. The van der Waals surface area contributed by atoms with Crippen molar-refractivity contribution in [3.05, 3.63) is 41.6 Å². The van der Waals surface area contributed by atoms with Gasteiger partial charge in [-0.3, -0.25) is 0 Å². The van der Waals surface area contributed by atoms with Gasteiger partial charge < -0.3 is 4.74 Å². The summed E-state index contributed by atoms with van der Waals surface area (Å²) in [6.45, 7) is 0. The van der Waals surface area contributed by atoms with Gasteiger partial charge in [0.1, 0.15) is 11.8 Å². The van der Waals surface area contributed by atoms with Gasteiger partial charge in [0, 0.05) is 5.39 Å². The summed E-state index contributed by atoms with van der Waals surface area (Å²) in [5.41, 5.74) is 1.40. The molecule has 0 bridgehead atoms. The first kappa shape index (κ1) is 10.1. The SMILES string of the molecule is COC(=O)c1cccc2nc(C#N)ccc12. The number of rotatable bonds is 1. The number of ether oxygens (including phenoxy) is 1. The van der Waals surface area contributed by atoms with Gasteiger partial charge in [-0.1, -0.05) is 6.07 Å². The summed E-state index contributed by atoms with van der Waals surface area (Å²) in [6.07, 6.45) is 0. The van der Waals surface area contributed by atoms with Gasteiger partial charge in [0.15, 0.2) is 0 Å². The van der Waals surface area contributed by atoms with Crippen LogP contribution in [0, 0.1) is 11.3 Å². The minimum absolute atomic E-state index is 0.328. The number of aromatic nitrogens is 1. The number of esters is 1. The quantitative estimate of drug-likeness (QED) is 0.677. The largest absolute Gasteiger partial charge is 0.465 e. The molecule has 4 nitrogen and oxygen atoms in total. The number of carbonyl (C=O) groups is 1. The Morgan fingerprint density at radius 2 is 2.19 bits per heavy atom. The van der Waals surface area contributed by atoms with Crippen LogP contribution < -0.4 is 0 Å². The fraction of sp³-hybridized carbons (Fsp3) is 0.0833. The summed E-state index contributed by atoms with van der Waals surface area (Å²) in [7, 11) is 1.33. The molecule has 0 N–H and O–H groups in total. The number of hydrogen-bond acceptors (Lipinski definition) is 4. The standard InChI is InChI=1S/C12H8N2O2/c1-16-12(15)10-3-2-4-11-9(10)6-5-8(7-13)14-11/h2-6H,1H3. The Balaban J connectivity index is 2.70. The third kappa shape index (κ3) is 1.59. The Labute approximate surface area is 92.1 Å². The molecule has 0 fully saturated rings. The topological polar surface area (TPSA) is 63.0 Å². The number of fused-ring (bicyclic) bond motifs is 1. The molecule has 4 heteroatoms. The Morgan fingerprint density at radius 3 is 2.88 bits per heavy atom. The molecule has 0 radical (unpaired) electrons. The monoisotopic (exact) mass is 212 g/mol. The minimum Gasteiger partial charge on any atom is -0.465 e. The molecule has 1 aromatic carbocycles. The van der Waals surface area contributed by atoms with E-state index in [0.29, 0.717) is 22.2 Å². The van der Waals surface area contributed by atoms with Gasteiger partial charge in [-0.05, 0) is 24.3 Å². The van der Waals surface area contributed by atoms with Crippen molar-refractivity contribution in [3.8, 4) is 6.07 Å². The molecule has 16 heavy (non-hydrogen) atoms.